The first-order valence-electron chi connectivity index (χ1n) is 5.26. The molecule has 84 valence electrons. The molecule has 0 radical (unpaired) electrons. The number of nitrogens with zero attached hydrogens (tertiary/aromatic N) is 1. The Balaban J connectivity index is 0.000000125. The number of carbonyl (C=O) groups excluding carboxylic acids is 1. The number of nitrogens with one attached hydrogen (secondary N) is 3. The molecule has 1 aromatic heterocycles. The molecular formula is C11H14N4O. The lowest BCUT2D eigenvalue weighted by Crippen LogP contribution is -2.42. The molecule has 1 fully saturated rings. The van der Waals surface area contributed by atoms with Gasteiger partial charge in [-0.2, -0.15) is 5.10 Å². The average molecular weight is 218 g/mol. The normalized spacial score (nSPS) is 14.6. The van der Waals surface area contributed by atoms with E-state index in [0.717, 1.165) is 30.4 Å². The van der Waals surface area contributed by atoms with Gasteiger partial charge in [0.1, 0.15) is 0 Å². The lowest BCUT2D eigenvalue weighted by Gasteiger charge is -2.11. The Bertz CT molecular complexity index is 427. The Morgan fingerprint density at radius 1 is 1.12 bits per heavy atom. The summed E-state index contributed by atoms with van der Waals surface area (Å²) in [6.45, 7) is 1.65. The van der Waals surface area contributed by atoms with E-state index in [1.54, 1.807) is 0 Å². The third-order valence-corrected chi connectivity index (χ3v) is 2.27. The lowest BCUT2D eigenvalue weighted by atomic mass is 10.3. The van der Waals surface area contributed by atoms with Crippen molar-refractivity contribution in [3.05, 3.63) is 30.5 Å². The minimum atomic E-state index is -0.0359. The number of H-pyrrole nitrogens is 1. The molecule has 0 aliphatic carbocycles. The number of amides is 2. The maximum Gasteiger partial charge on any atom is 0.314 e. The molecule has 0 saturated carbocycles. The van der Waals surface area contributed by atoms with Gasteiger partial charge in [-0.05, 0) is 12.5 Å². The molecule has 1 saturated heterocycles. The summed E-state index contributed by atoms with van der Waals surface area (Å²) in [5.74, 6) is 0. The van der Waals surface area contributed by atoms with E-state index in [1.165, 1.54) is 0 Å². The second-order valence-corrected chi connectivity index (χ2v) is 3.49. The van der Waals surface area contributed by atoms with Gasteiger partial charge >= 0.3 is 6.03 Å². The summed E-state index contributed by atoms with van der Waals surface area (Å²) in [6, 6.07) is 7.98. The van der Waals surface area contributed by atoms with Crippen LogP contribution in [0.1, 0.15) is 6.42 Å². The average Bonchev–Trinajstić information content (AvgIpc) is 2.79. The van der Waals surface area contributed by atoms with Crippen LogP contribution >= 0.6 is 0 Å². The zero-order chi connectivity index (χ0) is 11.2. The first-order valence-corrected chi connectivity index (χ1v) is 5.26. The molecule has 16 heavy (non-hydrogen) atoms. The fraction of sp³-hybridized carbons (Fsp3) is 0.273. The first kappa shape index (κ1) is 10.5. The topological polar surface area (TPSA) is 69.8 Å². The number of rotatable bonds is 0. The van der Waals surface area contributed by atoms with Crippen molar-refractivity contribution in [2.75, 3.05) is 13.1 Å². The third-order valence-electron chi connectivity index (χ3n) is 2.27. The molecule has 2 heterocycles. The van der Waals surface area contributed by atoms with Crippen molar-refractivity contribution >= 4 is 16.9 Å². The zero-order valence-electron chi connectivity index (χ0n) is 8.86. The van der Waals surface area contributed by atoms with Gasteiger partial charge in [-0.25, -0.2) is 4.79 Å². The molecule has 0 atom stereocenters. The predicted octanol–water partition coefficient (Wildman–Crippen LogP) is 1.25. The molecule has 3 N–H and O–H groups in total. The van der Waals surface area contributed by atoms with Gasteiger partial charge in [0.2, 0.25) is 0 Å². The largest absolute Gasteiger partial charge is 0.338 e. The van der Waals surface area contributed by atoms with Crippen LogP contribution in [-0.4, -0.2) is 29.3 Å². The van der Waals surface area contributed by atoms with Gasteiger partial charge < -0.3 is 10.6 Å². The number of aromatic amines is 1. The van der Waals surface area contributed by atoms with Gasteiger partial charge in [-0.15, -0.1) is 0 Å². The van der Waals surface area contributed by atoms with E-state index in [9.17, 15) is 4.79 Å². The predicted molar refractivity (Wildman–Crippen MR) is 62.1 cm³/mol. The summed E-state index contributed by atoms with van der Waals surface area (Å²) in [5.41, 5.74) is 1.09. The summed E-state index contributed by atoms with van der Waals surface area (Å²) in [7, 11) is 0. The van der Waals surface area contributed by atoms with Gasteiger partial charge in [0.25, 0.3) is 0 Å². The van der Waals surface area contributed by atoms with Gasteiger partial charge in [-0.1, -0.05) is 18.2 Å². The highest BCUT2D eigenvalue weighted by atomic mass is 16.2. The molecule has 5 nitrogen and oxygen atoms in total. The molecule has 2 amide bonds. The van der Waals surface area contributed by atoms with Crippen LogP contribution in [0.25, 0.3) is 10.9 Å². The standard InChI is InChI=1S/C7H6N2.C4H8N2O/c1-2-4-7-6(3-1)5-8-9-7;7-4-5-2-1-3-6-4/h1-5H,(H,8,9);1-3H2,(H2,5,6,7). The highest BCUT2D eigenvalue weighted by molar-refractivity contribution is 5.77. The van der Waals surface area contributed by atoms with Gasteiger partial charge in [-0.3, -0.25) is 5.10 Å². The van der Waals surface area contributed by atoms with E-state index in [1.807, 2.05) is 30.5 Å². The molecule has 0 unspecified atom stereocenters. The number of fused-ring (bicyclic) bond motifs is 1. The number of carbonyl (C=O) groups is 1. The molecule has 0 bridgehead atoms. The van der Waals surface area contributed by atoms with E-state index in [0.29, 0.717) is 0 Å². The van der Waals surface area contributed by atoms with Crippen LogP contribution in [0.3, 0.4) is 0 Å². The van der Waals surface area contributed by atoms with E-state index in [4.69, 9.17) is 0 Å². The first-order chi connectivity index (χ1) is 7.86. The monoisotopic (exact) mass is 218 g/mol. The van der Waals surface area contributed by atoms with Crippen molar-refractivity contribution in [3.8, 4) is 0 Å². The molecule has 1 aromatic carbocycles. The highest BCUT2D eigenvalue weighted by Gasteiger charge is 2.02. The van der Waals surface area contributed by atoms with E-state index >= 15 is 0 Å². The van der Waals surface area contributed by atoms with Crippen LogP contribution in [-0.2, 0) is 0 Å². The zero-order valence-corrected chi connectivity index (χ0v) is 8.86. The second kappa shape index (κ2) is 5.16. The number of benzene rings is 1. The number of hydrogen-bond acceptors (Lipinski definition) is 2. The second-order valence-electron chi connectivity index (χ2n) is 3.49. The summed E-state index contributed by atoms with van der Waals surface area (Å²) in [4.78, 5) is 10.2. The number of hydrogen-bond donors (Lipinski definition) is 3. The Hall–Kier alpha value is -2.04. The van der Waals surface area contributed by atoms with Gasteiger partial charge in [0, 0.05) is 18.5 Å². The lowest BCUT2D eigenvalue weighted by molar-refractivity contribution is 0.236. The van der Waals surface area contributed by atoms with Crippen LogP contribution in [0.5, 0.6) is 0 Å². The van der Waals surface area contributed by atoms with Crippen molar-refractivity contribution in [2.45, 2.75) is 6.42 Å². The number of para-hydroxylation sites is 1. The summed E-state index contributed by atoms with van der Waals surface area (Å²) >= 11 is 0. The summed E-state index contributed by atoms with van der Waals surface area (Å²) < 4.78 is 0. The molecular weight excluding hydrogens is 204 g/mol. The number of urea groups is 1. The third kappa shape index (κ3) is 2.73. The van der Waals surface area contributed by atoms with Gasteiger partial charge in [0.15, 0.2) is 0 Å². The molecule has 0 spiro atoms. The fourth-order valence-electron chi connectivity index (χ4n) is 1.44. The molecule has 2 aromatic rings. The Kier molecular flexibility index (Phi) is 3.38. The van der Waals surface area contributed by atoms with Crippen LogP contribution in [0.2, 0.25) is 0 Å². The maximum atomic E-state index is 10.2. The van der Waals surface area contributed by atoms with Crippen molar-refractivity contribution in [1.29, 1.82) is 0 Å². The molecule has 1 aliphatic rings. The molecule has 5 heteroatoms. The van der Waals surface area contributed by atoms with Crippen molar-refractivity contribution in [3.63, 3.8) is 0 Å². The van der Waals surface area contributed by atoms with Crippen LogP contribution in [0.15, 0.2) is 30.5 Å². The van der Waals surface area contributed by atoms with E-state index in [-0.39, 0.29) is 6.03 Å². The smallest absolute Gasteiger partial charge is 0.314 e. The summed E-state index contributed by atoms with van der Waals surface area (Å²) in [5, 5.41) is 13.2. The Labute approximate surface area is 93.2 Å². The minimum absolute atomic E-state index is 0.0359. The maximum absolute atomic E-state index is 10.2. The van der Waals surface area contributed by atoms with Crippen LogP contribution in [0.4, 0.5) is 4.79 Å². The van der Waals surface area contributed by atoms with Crippen molar-refractivity contribution < 1.29 is 4.79 Å². The Morgan fingerprint density at radius 3 is 2.50 bits per heavy atom. The fourth-order valence-corrected chi connectivity index (χ4v) is 1.44. The molecule has 1 aliphatic heterocycles. The highest BCUT2D eigenvalue weighted by Crippen LogP contribution is 2.06. The van der Waals surface area contributed by atoms with Crippen LogP contribution in [0, 0.1) is 0 Å². The van der Waals surface area contributed by atoms with Crippen molar-refractivity contribution in [1.82, 2.24) is 20.8 Å². The van der Waals surface area contributed by atoms with E-state index < -0.39 is 0 Å². The SMILES string of the molecule is O=C1NCCCN1.c1ccc2[nH]ncc2c1. The Morgan fingerprint density at radius 2 is 1.88 bits per heavy atom. The van der Waals surface area contributed by atoms with Crippen molar-refractivity contribution in [2.24, 2.45) is 0 Å². The van der Waals surface area contributed by atoms with Gasteiger partial charge in [0.05, 0.1) is 11.7 Å². The van der Waals surface area contributed by atoms with Crippen LogP contribution < -0.4 is 10.6 Å². The minimum Gasteiger partial charge on any atom is -0.338 e. The quantitative estimate of drug-likeness (QED) is 0.623. The van der Waals surface area contributed by atoms with E-state index in [2.05, 4.69) is 20.8 Å². The summed E-state index contributed by atoms with van der Waals surface area (Å²) in [6.07, 6.45) is 2.86. The number of aromatic nitrogens is 2. The molecule has 3 rings (SSSR count).